The summed E-state index contributed by atoms with van der Waals surface area (Å²) in [6.45, 7) is 4.09. The number of nitrogens with one attached hydrogen (secondary N) is 2. The molecule has 4 rings (SSSR count). The van der Waals surface area contributed by atoms with E-state index < -0.39 is 6.04 Å². The molecule has 0 spiro atoms. The Labute approximate surface area is 165 Å². The largest absolute Gasteiger partial charge is 0.330 e. The number of piperidine rings is 1. The SMILES string of the molecule is CC1(CN)CCC(NCc2ccc3c(c2)C(=O)N(C2CCC(=O)NC2=O)C3)C1. The molecule has 7 heteroatoms. The van der Waals surface area contributed by atoms with Crippen molar-refractivity contribution in [1.82, 2.24) is 15.5 Å². The monoisotopic (exact) mass is 384 g/mol. The third kappa shape index (κ3) is 3.56. The molecule has 7 nitrogen and oxygen atoms in total. The maximum absolute atomic E-state index is 12.9. The van der Waals surface area contributed by atoms with E-state index >= 15 is 0 Å². The van der Waals surface area contributed by atoms with Crippen molar-refractivity contribution in [1.29, 1.82) is 0 Å². The third-order valence-corrected chi connectivity index (χ3v) is 6.52. The first-order valence-corrected chi connectivity index (χ1v) is 10.1. The fourth-order valence-electron chi connectivity index (χ4n) is 4.66. The highest BCUT2D eigenvalue weighted by Crippen LogP contribution is 2.36. The lowest BCUT2D eigenvalue weighted by atomic mass is 9.89. The predicted molar refractivity (Wildman–Crippen MR) is 104 cm³/mol. The quantitative estimate of drug-likeness (QED) is 0.659. The third-order valence-electron chi connectivity index (χ3n) is 6.52. The predicted octanol–water partition coefficient (Wildman–Crippen LogP) is 1.05. The van der Waals surface area contributed by atoms with E-state index in [1.54, 1.807) is 4.90 Å². The Hall–Kier alpha value is -2.25. The molecule has 0 bridgehead atoms. The molecule has 3 amide bonds. The molecule has 2 aliphatic heterocycles. The number of rotatable bonds is 5. The number of imide groups is 1. The lowest BCUT2D eigenvalue weighted by Gasteiger charge is -2.29. The van der Waals surface area contributed by atoms with Crippen LogP contribution < -0.4 is 16.4 Å². The van der Waals surface area contributed by atoms with Crippen molar-refractivity contribution in [3.05, 3.63) is 34.9 Å². The molecule has 1 aromatic rings. The fourth-order valence-corrected chi connectivity index (χ4v) is 4.66. The molecule has 4 N–H and O–H groups in total. The molecule has 150 valence electrons. The van der Waals surface area contributed by atoms with Crippen LogP contribution in [0.3, 0.4) is 0 Å². The number of carbonyl (C=O) groups excluding carboxylic acids is 3. The summed E-state index contributed by atoms with van der Waals surface area (Å²) in [5.41, 5.74) is 8.80. The highest BCUT2D eigenvalue weighted by molar-refractivity contribution is 6.05. The van der Waals surface area contributed by atoms with Gasteiger partial charge in [-0.05, 0) is 54.8 Å². The number of amides is 3. The number of hydrogen-bond donors (Lipinski definition) is 3. The number of hydrogen-bond acceptors (Lipinski definition) is 5. The fraction of sp³-hybridized carbons (Fsp3) is 0.571. The summed E-state index contributed by atoms with van der Waals surface area (Å²) < 4.78 is 0. The van der Waals surface area contributed by atoms with Crippen LogP contribution in [0.1, 0.15) is 60.5 Å². The van der Waals surface area contributed by atoms with E-state index in [1.165, 1.54) is 0 Å². The lowest BCUT2D eigenvalue weighted by Crippen LogP contribution is -2.52. The molecule has 1 aliphatic carbocycles. The van der Waals surface area contributed by atoms with Crippen molar-refractivity contribution in [2.24, 2.45) is 11.1 Å². The zero-order chi connectivity index (χ0) is 19.9. The van der Waals surface area contributed by atoms with E-state index in [9.17, 15) is 14.4 Å². The van der Waals surface area contributed by atoms with Gasteiger partial charge in [0.25, 0.3) is 5.91 Å². The van der Waals surface area contributed by atoms with Gasteiger partial charge in [-0.1, -0.05) is 19.1 Å². The zero-order valence-electron chi connectivity index (χ0n) is 16.3. The molecule has 28 heavy (non-hydrogen) atoms. The summed E-state index contributed by atoms with van der Waals surface area (Å²) in [6, 6.07) is 5.86. The van der Waals surface area contributed by atoms with Crippen LogP contribution in [-0.4, -0.2) is 41.2 Å². The number of nitrogens with zero attached hydrogens (tertiary/aromatic N) is 1. The first-order chi connectivity index (χ1) is 13.4. The van der Waals surface area contributed by atoms with Crippen LogP contribution in [0.4, 0.5) is 0 Å². The van der Waals surface area contributed by atoms with Crippen LogP contribution in [0.2, 0.25) is 0 Å². The van der Waals surface area contributed by atoms with E-state index in [2.05, 4.69) is 17.6 Å². The second kappa shape index (κ2) is 7.29. The molecule has 0 radical (unpaired) electrons. The molecule has 1 saturated carbocycles. The maximum atomic E-state index is 12.9. The summed E-state index contributed by atoms with van der Waals surface area (Å²) in [4.78, 5) is 38.0. The van der Waals surface area contributed by atoms with E-state index in [-0.39, 0.29) is 29.6 Å². The van der Waals surface area contributed by atoms with Gasteiger partial charge in [0.05, 0.1) is 0 Å². The normalized spacial score (nSPS) is 29.9. The highest BCUT2D eigenvalue weighted by atomic mass is 16.2. The standard InChI is InChI=1S/C21H28N4O3/c1-21(12-22)7-6-15(9-21)23-10-13-2-3-14-11-25(20(28)16(14)8-13)17-4-5-18(26)24-19(17)27/h2-3,8,15,17,23H,4-7,9-12,22H2,1H3,(H,24,26,27). The van der Waals surface area contributed by atoms with Crippen molar-refractivity contribution in [2.45, 2.75) is 64.2 Å². The van der Waals surface area contributed by atoms with Crippen molar-refractivity contribution in [3.63, 3.8) is 0 Å². The van der Waals surface area contributed by atoms with Crippen molar-refractivity contribution >= 4 is 17.7 Å². The van der Waals surface area contributed by atoms with E-state index in [0.717, 1.165) is 30.4 Å². The Morgan fingerprint density at radius 3 is 2.82 bits per heavy atom. The minimum atomic E-state index is -0.563. The molecule has 0 aromatic heterocycles. The second-order valence-corrected chi connectivity index (χ2v) is 8.73. The average molecular weight is 384 g/mol. The summed E-state index contributed by atoms with van der Waals surface area (Å²) in [6.07, 6.45) is 4.01. The Morgan fingerprint density at radius 2 is 2.11 bits per heavy atom. The van der Waals surface area contributed by atoms with E-state index in [1.807, 2.05) is 18.2 Å². The van der Waals surface area contributed by atoms with Gasteiger partial charge in [-0.25, -0.2) is 0 Å². The van der Waals surface area contributed by atoms with Gasteiger partial charge in [0.15, 0.2) is 0 Å². The summed E-state index contributed by atoms with van der Waals surface area (Å²) in [7, 11) is 0. The zero-order valence-corrected chi connectivity index (χ0v) is 16.3. The van der Waals surface area contributed by atoms with Gasteiger partial charge >= 0.3 is 0 Å². The molecule has 1 aromatic carbocycles. The number of nitrogens with two attached hydrogens (primary N) is 1. The number of carbonyl (C=O) groups is 3. The number of fused-ring (bicyclic) bond motifs is 1. The molecular weight excluding hydrogens is 356 g/mol. The van der Waals surface area contributed by atoms with Crippen LogP contribution in [0.5, 0.6) is 0 Å². The molecule has 3 aliphatic rings. The first kappa shape index (κ1) is 19.1. The summed E-state index contributed by atoms with van der Waals surface area (Å²) >= 11 is 0. The summed E-state index contributed by atoms with van der Waals surface area (Å²) in [5.74, 6) is -0.761. The van der Waals surface area contributed by atoms with Gasteiger partial charge in [-0.2, -0.15) is 0 Å². The second-order valence-electron chi connectivity index (χ2n) is 8.73. The van der Waals surface area contributed by atoms with Gasteiger partial charge in [0.2, 0.25) is 11.8 Å². The minimum absolute atomic E-state index is 0.122. The lowest BCUT2D eigenvalue weighted by molar-refractivity contribution is -0.136. The molecule has 1 saturated heterocycles. The van der Waals surface area contributed by atoms with Gasteiger partial charge in [0.1, 0.15) is 6.04 Å². The molecule has 2 heterocycles. The average Bonchev–Trinajstić information content (AvgIpc) is 3.21. The van der Waals surface area contributed by atoms with E-state index in [4.69, 9.17) is 5.73 Å². The Balaban J connectivity index is 1.40. The van der Waals surface area contributed by atoms with Gasteiger partial charge in [0, 0.05) is 31.1 Å². The summed E-state index contributed by atoms with van der Waals surface area (Å²) in [5, 5.41) is 5.94. The number of benzene rings is 1. The Morgan fingerprint density at radius 1 is 1.29 bits per heavy atom. The van der Waals surface area contributed by atoms with E-state index in [0.29, 0.717) is 37.7 Å². The smallest absolute Gasteiger partial charge is 0.255 e. The molecule has 2 fully saturated rings. The molecular formula is C21H28N4O3. The van der Waals surface area contributed by atoms with Crippen LogP contribution >= 0.6 is 0 Å². The van der Waals surface area contributed by atoms with Crippen molar-refractivity contribution in [2.75, 3.05) is 6.54 Å². The molecule has 3 unspecified atom stereocenters. The Bertz CT molecular complexity index is 824. The molecule has 3 atom stereocenters. The Kier molecular flexibility index (Phi) is 4.97. The highest BCUT2D eigenvalue weighted by Gasteiger charge is 2.39. The van der Waals surface area contributed by atoms with Crippen LogP contribution in [0.25, 0.3) is 0 Å². The minimum Gasteiger partial charge on any atom is -0.330 e. The maximum Gasteiger partial charge on any atom is 0.255 e. The van der Waals surface area contributed by atoms with Crippen LogP contribution in [0.15, 0.2) is 18.2 Å². The van der Waals surface area contributed by atoms with Gasteiger partial charge < -0.3 is 16.0 Å². The van der Waals surface area contributed by atoms with Gasteiger partial charge in [-0.15, -0.1) is 0 Å². The van der Waals surface area contributed by atoms with Gasteiger partial charge in [-0.3, -0.25) is 19.7 Å². The van der Waals surface area contributed by atoms with Crippen molar-refractivity contribution in [3.8, 4) is 0 Å². The van der Waals surface area contributed by atoms with Crippen molar-refractivity contribution < 1.29 is 14.4 Å². The van der Waals surface area contributed by atoms with Crippen LogP contribution in [0, 0.1) is 5.41 Å². The first-order valence-electron chi connectivity index (χ1n) is 10.1. The van der Waals surface area contributed by atoms with Crippen LogP contribution in [-0.2, 0) is 22.7 Å². The topological polar surface area (TPSA) is 105 Å².